The number of aryl methyl sites for hydroxylation is 2. The van der Waals surface area contributed by atoms with Crippen molar-refractivity contribution in [3.63, 3.8) is 0 Å². The second-order valence-corrected chi connectivity index (χ2v) is 8.30. The van der Waals surface area contributed by atoms with E-state index < -0.39 is 20.9 Å². The Morgan fingerprint density at radius 1 is 1.11 bits per heavy atom. The minimum Gasteiger partial charge on any atom is -0.321 e. The molecule has 0 aliphatic heterocycles. The Hall–Kier alpha value is -2.78. The van der Waals surface area contributed by atoms with E-state index in [1.165, 1.54) is 24.3 Å². The highest BCUT2D eigenvalue weighted by molar-refractivity contribution is 7.89. The zero-order chi connectivity index (χ0) is 19.8. The standard InChI is InChI=1S/C18H19N3O5S/c1-11-4-8-15(27(25,26)20-13-5-6-13)10-16(11)18(22)19-17-9-14(21(23)24)7-3-12(17)2/h3-4,7-10,13,20H,5-6H2,1-2H3,(H,19,22). The lowest BCUT2D eigenvalue weighted by molar-refractivity contribution is -0.384. The molecule has 0 spiro atoms. The molecule has 1 aliphatic carbocycles. The molecule has 0 radical (unpaired) electrons. The summed E-state index contributed by atoms with van der Waals surface area (Å²) in [5.41, 5.74) is 1.61. The molecule has 0 heterocycles. The van der Waals surface area contributed by atoms with Crippen LogP contribution in [0.5, 0.6) is 0 Å². The number of nitrogens with zero attached hydrogens (tertiary/aromatic N) is 1. The Morgan fingerprint density at radius 3 is 2.41 bits per heavy atom. The van der Waals surface area contributed by atoms with Gasteiger partial charge in [0.2, 0.25) is 10.0 Å². The van der Waals surface area contributed by atoms with Crippen LogP contribution in [-0.4, -0.2) is 25.3 Å². The molecule has 3 rings (SSSR count). The number of hydrogen-bond donors (Lipinski definition) is 2. The maximum Gasteiger partial charge on any atom is 0.271 e. The summed E-state index contributed by atoms with van der Waals surface area (Å²) in [7, 11) is -3.69. The number of sulfonamides is 1. The zero-order valence-electron chi connectivity index (χ0n) is 14.9. The summed E-state index contributed by atoms with van der Waals surface area (Å²) in [4.78, 5) is 23.1. The van der Waals surface area contributed by atoms with Gasteiger partial charge in [-0.1, -0.05) is 12.1 Å². The molecule has 0 aromatic heterocycles. The zero-order valence-corrected chi connectivity index (χ0v) is 15.7. The molecule has 142 valence electrons. The van der Waals surface area contributed by atoms with Crippen LogP contribution in [-0.2, 0) is 10.0 Å². The van der Waals surface area contributed by atoms with Crippen molar-refractivity contribution in [1.82, 2.24) is 4.72 Å². The molecule has 1 fully saturated rings. The van der Waals surface area contributed by atoms with Crippen LogP contribution in [0.1, 0.15) is 34.3 Å². The summed E-state index contributed by atoms with van der Waals surface area (Å²) in [6, 6.07) is 8.47. The molecular weight excluding hydrogens is 370 g/mol. The third kappa shape index (κ3) is 4.32. The quantitative estimate of drug-likeness (QED) is 0.582. The smallest absolute Gasteiger partial charge is 0.271 e. The minimum atomic E-state index is -3.69. The molecule has 2 aromatic rings. The molecule has 2 N–H and O–H groups in total. The average molecular weight is 389 g/mol. The van der Waals surface area contributed by atoms with Crippen molar-refractivity contribution >= 4 is 27.3 Å². The lowest BCUT2D eigenvalue weighted by Crippen LogP contribution is -2.26. The van der Waals surface area contributed by atoms with Gasteiger partial charge in [0.1, 0.15) is 0 Å². The third-order valence-corrected chi connectivity index (χ3v) is 5.86. The van der Waals surface area contributed by atoms with Gasteiger partial charge in [-0.3, -0.25) is 14.9 Å². The van der Waals surface area contributed by atoms with Crippen LogP contribution in [0.2, 0.25) is 0 Å². The van der Waals surface area contributed by atoms with Gasteiger partial charge in [0.15, 0.2) is 0 Å². The van der Waals surface area contributed by atoms with E-state index in [4.69, 9.17) is 0 Å². The molecule has 27 heavy (non-hydrogen) atoms. The average Bonchev–Trinajstić information content (AvgIpc) is 3.40. The monoisotopic (exact) mass is 389 g/mol. The van der Waals surface area contributed by atoms with Gasteiger partial charge in [-0.25, -0.2) is 13.1 Å². The first kappa shape index (κ1) is 19.0. The number of rotatable bonds is 6. The molecule has 0 bridgehead atoms. The molecule has 1 amide bonds. The number of benzene rings is 2. The highest BCUT2D eigenvalue weighted by atomic mass is 32.2. The summed E-state index contributed by atoms with van der Waals surface area (Å²) >= 11 is 0. The summed E-state index contributed by atoms with van der Waals surface area (Å²) in [6.07, 6.45) is 1.62. The number of hydrogen-bond acceptors (Lipinski definition) is 5. The Bertz CT molecular complexity index is 1030. The maximum atomic E-state index is 12.7. The van der Waals surface area contributed by atoms with Crippen molar-refractivity contribution in [2.75, 3.05) is 5.32 Å². The van der Waals surface area contributed by atoms with E-state index in [1.807, 2.05) is 0 Å². The third-order valence-electron chi connectivity index (χ3n) is 4.34. The Morgan fingerprint density at radius 2 is 1.78 bits per heavy atom. The van der Waals surface area contributed by atoms with Gasteiger partial charge in [0.05, 0.1) is 15.5 Å². The fraction of sp³-hybridized carbons (Fsp3) is 0.278. The van der Waals surface area contributed by atoms with Crippen molar-refractivity contribution < 1.29 is 18.1 Å². The van der Waals surface area contributed by atoms with Gasteiger partial charge in [-0.05, 0) is 49.9 Å². The number of amides is 1. The van der Waals surface area contributed by atoms with E-state index in [-0.39, 0.29) is 22.2 Å². The summed E-state index contributed by atoms with van der Waals surface area (Å²) in [5, 5.41) is 13.6. The first-order chi connectivity index (χ1) is 12.7. The van der Waals surface area contributed by atoms with E-state index in [0.717, 1.165) is 12.8 Å². The SMILES string of the molecule is Cc1ccc([N+](=O)[O-])cc1NC(=O)c1cc(S(=O)(=O)NC2CC2)ccc1C. The second kappa shape index (κ2) is 7.09. The Kier molecular flexibility index (Phi) is 4.99. The van der Waals surface area contributed by atoms with Gasteiger partial charge in [0.25, 0.3) is 11.6 Å². The van der Waals surface area contributed by atoms with Crippen LogP contribution in [0.15, 0.2) is 41.3 Å². The predicted molar refractivity (Wildman–Crippen MR) is 100 cm³/mol. The molecule has 9 heteroatoms. The first-order valence-electron chi connectivity index (χ1n) is 8.37. The highest BCUT2D eigenvalue weighted by Gasteiger charge is 2.28. The predicted octanol–water partition coefficient (Wildman–Crippen LogP) is 2.90. The number of carbonyl (C=O) groups is 1. The van der Waals surface area contributed by atoms with Crippen LogP contribution in [0.3, 0.4) is 0 Å². The van der Waals surface area contributed by atoms with Crippen LogP contribution >= 0.6 is 0 Å². The van der Waals surface area contributed by atoms with E-state index in [9.17, 15) is 23.3 Å². The molecule has 0 saturated heterocycles. The lowest BCUT2D eigenvalue weighted by atomic mass is 10.1. The van der Waals surface area contributed by atoms with Crippen molar-refractivity contribution in [2.45, 2.75) is 37.6 Å². The van der Waals surface area contributed by atoms with Gasteiger partial charge in [0, 0.05) is 23.7 Å². The molecule has 1 aliphatic rings. The minimum absolute atomic E-state index is 0.0147. The van der Waals surface area contributed by atoms with E-state index in [0.29, 0.717) is 16.8 Å². The summed E-state index contributed by atoms with van der Waals surface area (Å²) in [6.45, 7) is 3.41. The number of nitro groups is 1. The van der Waals surface area contributed by atoms with Crippen LogP contribution in [0.25, 0.3) is 0 Å². The molecule has 0 unspecified atom stereocenters. The molecule has 0 atom stereocenters. The number of anilines is 1. The molecular formula is C18H19N3O5S. The number of nitrogens with one attached hydrogen (secondary N) is 2. The van der Waals surface area contributed by atoms with Crippen LogP contribution < -0.4 is 10.0 Å². The summed E-state index contributed by atoms with van der Waals surface area (Å²) in [5.74, 6) is -0.528. The topological polar surface area (TPSA) is 118 Å². The largest absolute Gasteiger partial charge is 0.321 e. The Labute approximate surface area is 156 Å². The van der Waals surface area contributed by atoms with Gasteiger partial charge >= 0.3 is 0 Å². The van der Waals surface area contributed by atoms with Crippen molar-refractivity contribution in [3.05, 3.63) is 63.2 Å². The molecule has 1 saturated carbocycles. The fourth-order valence-electron chi connectivity index (χ4n) is 2.55. The number of carbonyl (C=O) groups excluding carboxylic acids is 1. The van der Waals surface area contributed by atoms with Crippen molar-refractivity contribution in [3.8, 4) is 0 Å². The van der Waals surface area contributed by atoms with Crippen LogP contribution in [0, 0.1) is 24.0 Å². The summed E-state index contributed by atoms with van der Waals surface area (Å²) < 4.78 is 27.3. The van der Waals surface area contributed by atoms with Crippen molar-refractivity contribution in [1.29, 1.82) is 0 Å². The van der Waals surface area contributed by atoms with Gasteiger partial charge < -0.3 is 5.32 Å². The van der Waals surface area contributed by atoms with Crippen LogP contribution in [0.4, 0.5) is 11.4 Å². The first-order valence-corrected chi connectivity index (χ1v) is 9.85. The van der Waals surface area contributed by atoms with E-state index in [2.05, 4.69) is 10.0 Å². The highest BCUT2D eigenvalue weighted by Crippen LogP contribution is 2.25. The van der Waals surface area contributed by atoms with E-state index in [1.54, 1.807) is 26.0 Å². The number of nitro benzene ring substituents is 1. The fourth-order valence-corrected chi connectivity index (χ4v) is 3.88. The molecule has 2 aromatic carbocycles. The van der Waals surface area contributed by atoms with E-state index >= 15 is 0 Å². The normalized spacial score (nSPS) is 14.0. The lowest BCUT2D eigenvalue weighted by Gasteiger charge is -2.12. The van der Waals surface area contributed by atoms with Gasteiger partial charge in [-0.2, -0.15) is 0 Å². The maximum absolute atomic E-state index is 12.7. The van der Waals surface area contributed by atoms with Gasteiger partial charge in [-0.15, -0.1) is 0 Å². The molecule has 8 nitrogen and oxygen atoms in total. The Balaban J connectivity index is 1.90. The number of non-ortho nitro benzene ring substituents is 1. The van der Waals surface area contributed by atoms with Crippen molar-refractivity contribution in [2.24, 2.45) is 0 Å². The second-order valence-electron chi connectivity index (χ2n) is 6.58.